The Morgan fingerprint density at radius 1 is 1.45 bits per heavy atom. The normalized spacial score (nSPS) is 11.8. The number of hydrogen-bond donors (Lipinski definition) is 2. The number of benzene rings is 1. The van der Waals surface area contributed by atoms with Crippen LogP contribution in [0.25, 0.3) is 10.9 Å². The minimum Gasteiger partial charge on any atom is -0.480 e. The highest BCUT2D eigenvalue weighted by atomic mass is 16.4. The van der Waals surface area contributed by atoms with E-state index in [1.54, 1.807) is 29.0 Å². The molecule has 0 aliphatic rings. The molecule has 0 saturated heterocycles. The zero-order chi connectivity index (χ0) is 14.7. The van der Waals surface area contributed by atoms with Crippen molar-refractivity contribution < 1.29 is 14.7 Å². The van der Waals surface area contributed by atoms with Crippen LogP contribution >= 0.6 is 0 Å². The minimum atomic E-state index is -1.10. The standard InChI is InChI=1S/C14H13N3O3/c1-9(18)16-12(14(19)20)8-17-6-5-11-10(7-15)3-2-4-13(11)17/h2-6,12H,8H2,1H3,(H,16,18)(H,19,20). The van der Waals surface area contributed by atoms with Crippen LogP contribution in [0.2, 0.25) is 0 Å². The second-order valence-corrected chi connectivity index (χ2v) is 4.41. The molecular weight excluding hydrogens is 258 g/mol. The summed E-state index contributed by atoms with van der Waals surface area (Å²) in [5.74, 6) is -1.50. The van der Waals surface area contributed by atoms with Crippen LogP contribution in [0.4, 0.5) is 0 Å². The molecule has 0 aliphatic heterocycles. The van der Waals surface area contributed by atoms with Gasteiger partial charge < -0.3 is 15.0 Å². The number of hydrogen-bond acceptors (Lipinski definition) is 3. The zero-order valence-electron chi connectivity index (χ0n) is 10.8. The fourth-order valence-corrected chi connectivity index (χ4v) is 2.11. The first-order chi connectivity index (χ1) is 9.52. The first-order valence-electron chi connectivity index (χ1n) is 6.01. The molecule has 2 rings (SSSR count). The first-order valence-corrected chi connectivity index (χ1v) is 6.01. The highest BCUT2D eigenvalue weighted by Crippen LogP contribution is 2.20. The summed E-state index contributed by atoms with van der Waals surface area (Å²) in [6.07, 6.45) is 1.71. The van der Waals surface area contributed by atoms with Crippen LogP contribution in [-0.2, 0) is 16.1 Å². The molecule has 0 radical (unpaired) electrons. The van der Waals surface area contributed by atoms with Crippen LogP contribution < -0.4 is 5.32 Å². The molecule has 6 nitrogen and oxygen atoms in total. The minimum absolute atomic E-state index is 0.104. The molecule has 6 heteroatoms. The maximum absolute atomic E-state index is 11.1. The number of nitrogens with zero attached hydrogens (tertiary/aromatic N) is 2. The molecule has 1 heterocycles. The maximum Gasteiger partial charge on any atom is 0.328 e. The van der Waals surface area contributed by atoms with Crippen LogP contribution in [-0.4, -0.2) is 27.6 Å². The number of carboxylic acids is 1. The number of nitriles is 1. The number of carbonyl (C=O) groups is 2. The quantitative estimate of drug-likeness (QED) is 0.870. The zero-order valence-corrected chi connectivity index (χ0v) is 10.8. The summed E-state index contributed by atoms with van der Waals surface area (Å²) in [6.45, 7) is 1.38. The third kappa shape index (κ3) is 2.62. The summed E-state index contributed by atoms with van der Waals surface area (Å²) >= 11 is 0. The molecule has 0 saturated carbocycles. The topological polar surface area (TPSA) is 95.1 Å². The summed E-state index contributed by atoms with van der Waals surface area (Å²) in [5.41, 5.74) is 1.30. The number of nitrogens with one attached hydrogen (secondary N) is 1. The summed E-state index contributed by atoms with van der Waals surface area (Å²) in [6, 6.07) is 8.10. The van der Waals surface area contributed by atoms with Crippen molar-refractivity contribution in [2.45, 2.75) is 19.5 Å². The third-order valence-corrected chi connectivity index (χ3v) is 2.99. The number of carbonyl (C=O) groups excluding carboxylic acids is 1. The highest BCUT2D eigenvalue weighted by Gasteiger charge is 2.19. The molecule has 1 atom stereocenters. The van der Waals surface area contributed by atoms with Gasteiger partial charge in [-0.05, 0) is 18.2 Å². The highest BCUT2D eigenvalue weighted by molar-refractivity contribution is 5.86. The van der Waals surface area contributed by atoms with E-state index >= 15 is 0 Å². The SMILES string of the molecule is CC(=O)NC(Cn1ccc2c(C#N)cccc21)C(=O)O. The summed E-state index contributed by atoms with van der Waals surface area (Å²) < 4.78 is 1.71. The lowest BCUT2D eigenvalue weighted by atomic mass is 10.1. The Labute approximate surface area is 115 Å². The number of aliphatic carboxylic acids is 1. The largest absolute Gasteiger partial charge is 0.480 e. The van der Waals surface area contributed by atoms with Gasteiger partial charge in [0.2, 0.25) is 5.91 Å². The predicted octanol–water partition coefficient (Wildman–Crippen LogP) is 1.10. The Kier molecular flexibility index (Phi) is 3.71. The van der Waals surface area contributed by atoms with E-state index in [1.165, 1.54) is 6.92 Å². The lowest BCUT2D eigenvalue weighted by Crippen LogP contribution is -2.42. The van der Waals surface area contributed by atoms with Gasteiger partial charge in [0, 0.05) is 24.0 Å². The van der Waals surface area contributed by atoms with Gasteiger partial charge in [-0.15, -0.1) is 0 Å². The van der Waals surface area contributed by atoms with Crippen molar-refractivity contribution in [2.24, 2.45) is 0 Å². The molecule has 1 unspecified atom stereocenters. The first kappa shape index (κ1) is 13.6. The van der Waals surface area contributed by atoms with Crippen LogP contribution in [0, 0.1) is 11.3 Å². The van der Waals surface area contributed by atoms with Gasteiger partial charge >= 0.3 is 5.97 Å². The summed E-state index contributed by atoms with van der Waals surface area (Å²) in [4.78, 5) is 22.2. The van der Waals surface area contributed by atoms with Gasteiger partial charge in [0.15, 0.2) is 0 Å². The van der Waals surface area contributed by atoms with Crippen molar-refractivity contribution >= 4 is 22.8 Å². The number of aromatic nitrogens is 1. The Morgan fingerprint density at radius 2 is 2.20 bits per heavy atom. The van der Waals surface area contributed by atoms with E-state index < -0.39 is 17.9 Å². The van der Waals surface area contributed by atoms with Crippen molar-refractivity contribution in [3.8, 4) is 6.07 Å². The monoisotopic (exact) mass is 271 g/mol. The second-order valence-electron chi connectivity index (χ2n) is 4.41. The molecule has 0 bridgehead atoms. The molecule has 1 aromatic carbocycles. The molecule has 20 heavy (non-hydrogen) atoms. The van der Waals surface area contributed by atoms with Crippen LogP contribution in [0.5, 0.6) is 0 Å². The smallest absolute Gasteiger partial charge is 0.328 e. The Bertz CT molecular complexity index is 712. The summed E-state index contributed by atoms with van der Waals surface area (Å²) in [7, 11) is 0. The second kappa shape index (κ2) is 5.45. The average Bonchev–Trinajstić information content (AvgIpc) is 2.80. The molecule has 102 valence electrons. The average molecular weight is 271 g/mol. The van der Waals surface area contributed by atoms with E-state index in [4.69, 9.17) is 10.4 Å². The van der Waals surface area contributed by atoms with Gasteiger partial charge in [-0.3, -0.25) is 4.79 Å². The van der Waals surface area contributed by atoms with Gasteiger partial charge in [0.05, 0.1) is 18.2 Å². The maximum atomic E-state index is 11.1. The van der Waals surface area contributed by atoms with Crippen molar-refractivity contribution in [1.82, 2.24) is 9.88 Å². The van der Waals surface area contributed by atoms with Gasteiger partial charge in [-0.25, -0.2) is 4.79 Å². The van der Waals surface area contributed by atoms with Crippen molar-refractivity contribution in [3.05, 3.63) is 36.0 Å². The lowest BCUT2D eigenvalue weighted by Gasteiger charge is -2.15. The molecule has 1 amide bonds. The Hall–Kier alpha value is -2.81. The molecule has 2 N–H and O–H groups in total. The number of amides is 1. The van der Waals surface area contributed by atoms with E-state index in [9.17, 15) is 9.59 Å². The summed E-state index contributed by atoms with van der Waals surface area (Å²) in [5, 5.41) is 21.3. The van der Waals surface area contributed by atoms with E-state index in [-0.39, 0.29) is 6.54 Å². The molecule has 1 aromatic heterocycles. The van der Waals surface area contributed by atoms with Crippen LogP contribution in [0.3, 0.4) is 0 Å². The van der Waals surface area contributed by atoms with Gasteiger partial charge in [0.25, 0.3) is 0 Å². The van der Waals surface area contributed by atoms with Crippen molar-refractivity contribution in [2.75, 3.05) is 0 Å². The Balaban J connectivity index is 2.36. The van der Waals surface area contributed by atoms with Crippen molar-refractivity contribution in [1.29, 1.82) is 5.26 Å². The van der Waals surface area contributed by atoms with E-state index in [0.29, 0.717) is 5.56 Å². The fraction of sp³-hybridized carbons (Fsp3) is 0.214. The Morgan fingerprint density at radius 3 is 2.80 bits per heavy atom. The lowest BCUT2D eigenvalue weighted by molar-refractivity contribution is -0.141. The third-order valence-electron chi connectivity index (χ3n) is 2.99. The van der Waals surface area contributed by atoms with Crippen molar-refractivity contribution in [3.63, 3.8) is 0 Å². The van der Waals surface area contributed by atoms with Crippen LogP contribution in [0.15, 0.2) is 30.5 Å². The van der Waals surface area contributed by atoms with E-state index in [0.717, 1.165) is 10.9 Å². The van der Waals surface area contributed by atoms with Crippen LogP contribution in [0.1, 0.15) is 12.5 Å². The molecule has 0 spiro atoms. The number of carboxylic acid groups (broad SMARTS) is 1. The van der Waals surface area contributed by atoms with Gasteiger partial charge in [-0.1, -0.05) is 6.07 Å². The van der Waals surface area contributed by atoms with Gasteiger partial charge in [-0.2, -0.15) is 5.26 Å². The van der Waals surface area contributed by atoms with E-state index in [2.05, 4.69) is 11.4 Å². The number of fused-ring (bicyclic) bond motifs is 1. The molecule has 2 aromatic rings. The molecular formula is C14H13N3O3. The molecule has 0 fully saturated rings. The fourth-order valence-electron chi connectivity index (χ4n) is 2.11. The molecule has 0 aliphatic carbocycles. The number of rotatable bonds is 4. The predicted molar refractivity (Wildman–Crippen MR) is 71.9 cm³/mol. The van der Waals surface area contributed by atoms with Gasteiger partial charge in [0.1, 0.15) is 6.04 Å². The van der Waals surface area contributed by atoms with E-state index in [1.807, 2.05) is 6.07 Å².